The summed E-state index contributed by atoms with van der Waals surface area (Å²) in [5, 5.41) is 8.50. The van der Waals surface area contributed by atoms with Crippen LogP contribution in [0.15, 0.2) is 0 Å². The molecule has 1 saturated carbocycles. The van der Waals surface area contributed by atoms with Crippen molar-refractivity contribution in [2.75, 3.05) is 20.6 Å². The molecule has 16 heavy (non-hydrogen) atoms. The van der Waals surface area contributed by atoms with Crippen LogP contribution in [0.5, 0.6) is 0 Å². The predicted molar refractivity (Wildman–Crippen MR) is 59.2 cm³/mol. The zero-order valence-corrected chi connectivity index (χ0v) is 10.4. The van der Waals surface area contributed by atoms with Crippen molar-refractivity contribution in [1.29, 1.82) is 0 Å². The fourth-order valence-electron chi connectivity index (χ4n) is 1.53. The van der Waals surface area contributed by atoms with E-state index in [9.17, 15) is 13.2 Å². The lowest BCUT2D eigenvalue weighted by Gasteiger charge is -2.35. The third kappa shape index (κ3) is 2.93. The highest BCUT2D eigenvalue weighted by Gasteiger charge is 2.33. The molecule has 0 unspecified atom stereocenters. The lowest BCUT2D eigenvalue weighted by Crippen LogP contribution is -2.47. The quantitative estimate of drug-likeness (QED) is 0.726. The van der Waals surface area contributed by atoms with E-state index < -0.39 is 16.2 Å². The smallest absolute Gasteiger partial charge is 0.304 e. The Hall–Kier alpha value is -0.660. The summed E-state index contributed by atoms with van der Waals surface area (Å²) >= 11 is 0. The normalized spacial score (nSPS) is 17.8. The van der Waals surface area contributed by atoms with E-state index in [0.29, 0.717) is 0 Å². The molecule has 0 aromatic carbocycles. The van der Waals surface area contributed by atoms with Crippen molar-refractivity contribution in [2.24, 2.45) is 0 Å². The van der Waals surface area contributed by atoms with E-state index in [-0.39, 0.29) is 19.0 Å². The van der Waals surface area contributed by atoms with Gasteiger partial charge in [0.2, 0.25) is 0 Å². The fraction of sp³-hybridized carbons (Fsp3) is 0.889. The SMILES string of the molecule is CN(CCC(=O)O)S(=O)(=O)N(C)C1CCC1. The van der Waals surface area contributed by atoms with Crippen molar-refractivity contribution in [1.82, 2.24) is 8.61 Å². The van der Waals surface area contributed by atoms with Gasteiger partial charge in [0.15, 0.2) is 0 Å². The molecule has 0 aromatic heterocycles. The first-order chi connectivity index (χ1) is 7.35. The van der Waals surface area contributed by atoms with Gasteiger partial charge in [0, 0.05) is 26.7 Å². The molecule has 1 aliphatic rings. The van der Waals surface area contributed by atoms with Crippen molar-refractivity contribution in [3.05, 3.63) is 0 Å². The van der Waals surface area contributed by atoms with Crippen molar-refractivity contribution < 1.29 is 18.3 Å². The minimum absolute atomic E-state index is 0.00866. The second-order valence-electron chi connectivity index (χ2n) is 4.07. The zero-order valence-electron chi connectivity index (χ0n) is 9.59. The molecule has 0 aliphatic heterocycles. The van der Waals surface area contributed by atoms with E-state index in [1.165, 1.54) is 11.4 Å². The lowest BCUT2D eigenvalue weighted by molar-refractivity contribution is -0.137. The molecule has 6 nitrogen and oxygen atoms in total. The summed E-state index contributed by atoms with van der Waals surface area (Å²) in [6.07, 6.45) is 2.67. The minimum atomic E-state index is -3.49. The highest BCUT2D eigenvalue weighted by Crippen LogP contribution is 2.26. The van der Waals surface area contributed by atoms with E-state index in [1.807, 2.05) is 0 Å². The minimum Gasteiger partial charge on any atom is -0.481 e. The number of carboxylic acid groups (broad SMARTS) is 1. The molecule has 1 rings (SSSR count). The maximum absolute atomic E-state index is 11.9. The summed E-state index contributed by atoms with van der Waals surface area (Å²) in [7, 11) is -0.529. The van der Waals surface area contributed by atoms with Crippen LogP contribution < -0.4 is 0 Å². The van der Waals surface area contributed by atoms with Gasteiger partial charge >= 0.3 is 5.97 Å². The Morgan fingerprint density at radius 1 is 1.38 bits per heavy atom. The molecule has 0 amide bonds. The maximum atomic E-state index is 11.9. The van der Waals surface area contributed by atoms with Crippen LogP contribution in [0.4, 0.5) is 0 Å². The van der Waals surface area contributed by atoms with Crippen molar-refractivity contribution in [2.45, 2.75) is 31.7 Å². The molecule has 0 heterocycles. The Morgan fingerprint density at radius 3 is 2.31 bits per heavy atom. The van der Waals surface area contributed by atoms with E-state index in [4.69, 9.17) is 5.11 Å². The molecular weight excluding hydrogens is 232 g/mol. The second kappa shape index (κ2) is 5.11. The Kier molecular flexibility index (Phi) is 4.28. The summed E-state index contributed by atoms with van der Waals surface area (Å²) in [6.45, 7) is 0.00866. The molecular formula is C9H18N2O4S. The summed E-state index contributed by atoms with van der Waals surface area (Å²) in [5.41, 5.74) is 0. The summed E-state index contributed by atoms with van der Waals surface area (Å²) in [4.78, 5) is 10.4. The number of aliphatic carboxylic acids is 1. The van der Waals surface area contributed by atoms with E-state index in [0.717, 1.165) is 23.6 Å². The Labute approximate surface area is 96.0 Å². The van der Waals surface area contributed by atoms with Crippen LogP contribution in [0.25, 0.3) is 0 Å². The lowest BCUT2D eigenvalue weighted by atomic mass is 9.94. The first kappa shape index (κ1) is 13.4. The van der Waals surface area contributed by atoms with Crippen LogP contribution in [-0.4, -0.2) is 54.8 Å². The van der Waals surface area contributed by atoms with Crippen molar-refractivity contribution in [3.8, 4) is 0 Å². The largest absolute Gasteiger partial charge is 0.481 e. The molecule has 0 aromatic rings. The molecule has 0 radical (unpaired) electrons. The van der Waals surface area contributed by atoms with Gasteiger partial charge in [-0.3, -0.25) is 4.79 Å². The summed E-state index contributed by atoms with van der Waals surface area (Å²) in [6, 6.07) is 0.0808. The van der Waals surface area contributed by atoms with Gasteiger partial charge < -0.3 is 5.11 Å². The number of nitrogens with zero attached hydrogens (tertiary/aromatic N) is 2. The van der Waals surface area contributed by atoms with E-state index >= 15 is 0 Å². The van der Waals surface area contributed by atoms with Gasteiger partial charge in [0.1, 0.15) is 0 Å². The summed E-state index contributed by atoms with van der Waals surface area (Å²) in [5.74, 6) is -0.992. The van der Waals surface area contributed by atoms with Crippen molar-refractivity contribution in [3.63, 3.8) is 0 Å². The topological polar surface area (TPSA) is 77.9 Å². The average molecular weight is 250 g/mol. The number of carboxylic acids is 1. The van der Waals surface area contributed by atoms with Gasteiger partial charge in [-0.05, 0) is 12.8 Å². The van der Waals surface area contributed by atoms with Crippen LogP contribution in [0.1, 0.15) is 25.7 Å². The van der Waals surface area contributed by atoms with Gasteiger partial charge in [-0.15, -0.1) is 0 Å². The molecule has 94 valence electrons. The van der Waals surface area contributed by atoms with Crippen LogP contribution >= 0.6 is 0 Å². The zero-order chi connectivity index (χ0) is 12.3. The number of rotatable bonds is 6. The van der Waals surface area contributed by atoms with Gasteiger partial charge in [0.05, 0.1) is 6.42 Å². The Morgan fingerprint density at radius 2 is 1.94 bits per heavy atom. The monoisotopic (exact) mass is 250 g/mol. The predicted octanol–water partition coefficient (Wildman–Crippen LogP) is 0.122. The first-order valence-corrected chi connectivity index (χ1v) is 6.66. The first-order valence-electron chi connectivity index (χ1n) is 5.27. The number of hydrogen-bond donors (Lipinski definition) is 1. The van der Waals surface area contributed by atoms with E-state index in [1.54, 1.807) is 7.05 Å². The van der Waals surface area contributed by atoms with Crippen molar-refractivity contribution >= 4 is 16.2 Å². The third-order valence-electron chi connectivity index (χ3n) is 2.99. The summed E-state index contributed by atoms with van der Waals surface area (Å²) < 4.78 is 26.3. The Bertz CT molecular complexity index is 351. The standard InChI is InChI=1S/C9H18N2O4S/c1-10(7-6-9(12)13)16(14,15)11(2)8-4-3-5-8/h8H,3-7H2,1-2H3,(H,12,13). The molecule has 0 saturated heterocycles. The molecule has 7 heteroatoms. The van der Waals surface area contributed by atoms with E-state index in [2.05, 4.69) is 0 Å². The maximum Gasteiger partial charge on any atom is 0.304 e. The molecule has 1 fully saturated rings. The van der Waals surface area contributed by atoms with Gasteiger partial charge in [0.25, 0.3) is 10.2 Å². The van der Waals surface area contributed by atoms with Crippen LogP contribution in [0.3, 0.4) is 0 Å². The molecule has 1 N–H and O–H groups in total. The van der Waals surface area contributed by atoms with Crippen LogP contribution in [-0.2, 0) is 15.0 Å². The molecule has 1 aliphatic carbocycles. The van der Waals surface area contributed by atoms with Gasteiger partial charge in [-0.25, -0.2) is 0 Å². The number of hydrogen-bond acceptors (Lipinski definition) is 3. The molecule has 0 bridgehead atoms. The molecule has 0 spiro atoms. The highest BCUT2D eigenvalue weighted by molar-refractivity contribution is 7.86. The fourth-order valence-corrected chi connectivity index (χ4v) is 2.88. The second-order valence-corrected chi connectivity index (χ2v) is 6.17. The average Bonchev–Trinajstić information content (AvgIpc) is 2.10. The van der Waals surface area contributed by atoms with Crippen LogP contribution in [0, 0.1) is 0 Å². The highest BCUT2D eigenvalue weighted by atomic mass is 32.2. The van der Waals surface area contributed by atoms with Gasteiger partial charge in [-0.1, -0.05) is 6.42 Å². The third-order valence-corrected chi connectivity index (χ3v) is 4.98. The van der Waals surface area contributed by atoms with Gasteiger partial charge in [-0.2, -0.15) is 17.0 Å². The van der Waals surface area contributed by atoms with Crippen LogP contribution in [0.2, 0.25) is 0 Å². The Balaban J connectivity index is 2.57. The molecule has 0 atom stereocenters. The number of carbonyl (C=O) groups is 1.